The van der Waals surface area contributed by atoms with Gasteiger partial charge in [0.2, 0.25) is 0 Å². The highest BCUT2D eigenvalue weighted by Gasteiger charge is 2.19. The predicted molar refractivity (Wildman–Crippen MR) is 67.7 cm³/mol. The van der Waals surface area contributed by atoms with Gasteiger partial charge in [-0.05, 0) is 26.9 Å². The van der Waals surface area contributed by atoms with Crippen LogP contribution in [0.25, 0.3) is 0 Å². The van der Waals surface area contributed by atoms with Gasteiger partial charge < -0.3 is 15.5 Å². The van der Waals surface area contributed by atoms with Crippen molar-refractivity contribution in [2.45, 2.75) is 6.54 Å². The lowest BCUT2D eigenvalue weighted by atomic mass is 10.2. The van der Waals surface area contributed by atoms with Crippen molar-refractivity contribution in [3.63, 3.8) is 0 Å². The zero-order valence-corrected chi connectivity index (χ0v) is 10.7. The van der Waals surface area contributed by atoms with Gasteiger partial charge in [-0.2, -0.15) is 4.68 Å². The molecule has 0 amide bonds. The number of anilines is 1. The van der Waals surface area contributed by atoms with Crippen molar-refractivity contribution in [1.82, 2.24) is 14.8 Å². The number of nitrogens with zero attached hydrogens (tertiary/aromatic N) is 4. The monoisotopic (exact) mass is 312 g/mol. The van der Waals surface area contributed by atoms with Crippen molar-refractivity contribution in [3.05, 3.63) is 44.7 Å². The Morgan fingerprint density at radius 2 is 2.39 bits per heavy atom. The summed E-state index contributed by atoms with van der Waals surface area (Å²) in [6.45, 7) is 0.333. The fraction of sp³-hybridized carbons (Fsp3) is 0.111. The van der Waals surface area contributed by atoms with Crippen LogP contribution >= 0.6 is 15.9 Å². The molecule has 0 aliphatic rings. The molecule has 0 bridgehead atoms. The van der Waals surface area contributed by atoms with E-state index in [4.69, 9.17) is 5.84 Å². The minimum absolute atomic E-state index is 0.221. The number of nitro groups is 1. The summed E-state index contributed by atoms with van der Waals surface area (Å²) in [5.74, 6) is 5.61. The number of hydrazine groups is 1. The average molecular weight is 313 g/mol. The number of hydrogen-bond acceptors (Lipinski definition) is 6. The van der Waals surface area contributed by atoms with Crippen LogP contribution in [0.3, 0.4) is 0 Å². The minimum Gasteiger partial charge on any atom is -0.358 e. The number of nitrogen functional groups attached to an aromatic ring is 1. The number of nitrogens with one attached hydrogen (secondary N) is 1. The molecule has 2 aromatic heterocycles. The summed E-state index contributed by atoms with van der Waals surface area (Å²) in [7, 11) is 0. The molecule has 0 aliphatic heterocycles. The van der Waals surface area contributed by atoms with E-state index < -0.39 is 4.92 Å². The molecule has 0 atom stereocenters. The van der Waals surface area contributed by atoms with E-state index >= 15 is 0 Å². The molecule has 0 fully saturated rings. The molecule has 94 valence electrons. The van der Waals surface area contributed by atoms with Crippen LogP contribution in [0.5, 0.6) is 0 Å². The second-order valence-corrected chi connectivity index (χ2v) is 4.27. The first-order valence-electron chi connectivity index (χ1n) is 4.89. The van der Waals surface area contributed by atoms with E-state index in [0.29, 0.717) is 16.8 Å². The third-order valence-electron chi connectivity index (χ3n) is 2.23. The highest BCUT2D eigenvalue weighted by atomic mass is 79.9. The highest BCUT2D eigenvalue weighted by Crippen LogP contribution is 2.23. The maximum Gasteiger partial charge on any atom is 0.404 e. The largest absolute Gasteiger partial charge is 0.404 e. The van der Waals surface area contributed by atoms with Gasteiger partial charge in [0, 0.05) is 11.8 Å². The fourth-order valence-electron chi connectivity index (χ4n) is 1.46. The van der Waals surface area contributed by atoms with Crippen LogP contribution in [-0.2, 0) is 6.54 Å². The Morgan fingerprint density at radius 1 is 1.61 bits per heavy atom. The topological polar surface area (TPSA) is 112 Å². The molecular weight excluding hydrogens is 304 g/mol. The van der Waals surface area contributed by atoms with Crippen molar-refractivity contribution < 1.29 is 4.92 Å². The summed E-state index contributed by atoms with van der Waals surface area (Å²) in [5, 5.41) is 14.5. The summed E-state index contributed by atoms with van der Waals surface area (Å²) >= 11 is 3.09. The Labute approximate surface area is 110 Å². The van der Waals surface area contributed by atoms with Gasteiger partial charge in [0.25, 0.3) is 0 Å². The first-order valence-corrected chi connectivity index (χ1v) is 5.69. The second kappa shape index (κ2) is 5.10. The molecule has 18 heavy (non-hydrogen) atoms. The summed E-state index contributed by atoms with van der Waals surface area (Å²) in [6, 6.07) is 3.56. The van der Waals surface area contributed by atoms with Crippen molar-refractivity contribution in [2.24, 2.45) is 5.84 Å². The molecule has 2 rings (SSSR count). The van der Waals surface area contributed by atoms with Gasteiger partial charge in [-0.25, -0.2) is 10.8 Å². The van der Waals surface area contributed by atoms with Crippen molar-refractivity contribution >= 4 is 27.6 Å². The molecule has 0 radical (unpaired) electrons. The molecule has 0 spiro atoms. The molecule has 2 heterocycles. The Kier molecular flexibility index (Phi) is 3.53. The standard InChI is InChI=1S/C9H9BrN6O2/c10-7-5-15(14-9(7)16(17)18)4-6-2-1-3-12-8(6)13-11/h1-3,5H,4,11H2,(H,12,13). The van der Waals surface area contributed by atoms with E-state index in [2.05, 4.69) is 31.4 Å². The second-order valence-electron chi connectivity index (χ2n) is 3.41. The van der Waals surface area contributed by atoms with Crippen LogP contribution in [0.15, 0.2) is 29.0 Å². The quantitative estimate of drug-likeness (QED) is 0.499. The van der Waals surface area contributed by atoms with Crippen molar-refractivity contribution in [1.29, 1.82) is 0 Å². The van der Waals surface area contributed by atoms with Gasteiger partial charge in [0.15, 0.2) is 0 Å². The number of rotatable bonds is 4. The molecule has 9 heteroatoms. The lowest BCUT2D eigenvalue weighted by molar-refractivity contribution is -0.390. The normalized spacial score (nSPS) is 10.3. The lowest BCUT2D eigenvalue weighted by Crippen LogP contribution is -2.12. The molecule has 3 N–H and O–H groups in total. The minimum atomic E-state index is -0.550. The van der Waals surface area contributed by atoms with E-state index in [1.165, 1.54) is 10.9 Å². The molecular formula is C9H9BrN6O2. The maximum atomic E-state index is 10.7. The third-order valence-corrected chi connectivity index (χ3v) is 2.79. The molecule has 2 aromatic rings. The summed E-state index contributed by atoms with van der Waals surface area (Å²) < 4.78 is 1.78. The molecule has 0 aromatic carbocycles. The number of nitrogens with two attached hydrogens (primary N) is 1. The van der Waals surface area contributed by atoms with Crippen LogP contribution < -0.4 is 11.3 Å². The van der Waals surface area contributed by atoms with Gasteiger partial charge in [0.1, 0.15) is 10.3 Å². The number of aromatic nitrogens is 3. The summed E-state index contributed by atoms with van der Waals surface area (Å²) in [6.07, 6.45) is 3.13. The smallest absolute Gasteiger partial charge is 0.358 e. The zero-order valence-electron chi connectivity index (χ0n) is 9.08. The van der Waals surface area contributed by atoms with Crippen LogP contribution in [0, 0.1) is 10.1 Å². The average Bonchev–Trinajstić information content (AvgIpc) is 2.71. The molecule has 0 saturated carbocycles. The Morgan fingerprint density at radius 3 is 3.00 bits per heavy atom. The van der Waals surface area contributed by atoms with E-state index in [1.54, 1.807) is 12.3 Å². The first-order chi connectivity index (χ1) is 8.61. The zero-order chi connectivity index (χ0) is 13.1. The van der Waals surface area contributed by atoms with Crippen LogP contribution in [-0.4, -0.2) is 19.7 Å². The van der Waals surface area contributed by atoms with E-state index in [-0.39, 0.29) is 5.82 Å². The first kappa shape index (κ1) is 12.5. The highest BCUT2D eigenvalue weighted by molar-refractivity contribution is 9.10. The van der Waals surface area contributed by atoms with Gasteiger partial charge in [0.05, 0.1) is 17.8 Å². The lowest BCUT2D eigenvalue weighted by Gasteiger charge is -2.05. The predicted octanol–water partition coefficient (Wildman–Crippen LogP) is 1.28. The van der Waals surface area contributed by atoms with E-state index in [0.717, 1.165) is 5.56 Å². The van der Waals surface area contributed by atoms with Crippen LogP contribution in [0.2, 0.25) is 0 Å². The summed E-state index contributed by atoms with van der Waals surface area (Å²) in [5.41, 5.74) is 3.24. The van der Waals surface area contributed by atoms with Crippen molar-refractivity contribution in [3.8, 4) is 0 Å². The number of halogens is 1. The Balaban J connectivity index is 2.29. The molecule has 0 unspecified atom stereocenters. The third kappa shape index (κ3) is 2.46. The van der Waals surface area contributed by atoms with Crippen LogP contribution in [0.4, 0.5) is 11.6 Å². The summed E-state index contributed by atoms with van der Waals surface area (Å²) in [4.78, 5) is 14.2. The Bertz CT molecular complexity index is 584. The molecule has 0 saturated heterocycles. The molecule has 8 nitrogen and oxygen atoms in total. The van der Waals surface area contributed by atoms with Gasteiger partial charge in [-0.1, -0.05) is 6.07 Å². The SMILES string of the molecule is NNc1ncccc1Cn1cc(Br)c([N+](=O)[O-])n1. The maximum absolute atomic E-state index is 10.7. The van der Waals surface area contributed by atoms with Crippen molar-refractivity contribution in [2.75, 3.05) is 5.43 Å². The molecule has 0 aliphatic carbocycles. The van der Waals surface area contributed by atoms with Gasteiger partial charge in [-0.3, -0.25) is 0 Å². The fourth-order valence-corrected chi connectivity index (χ4v) is 1.92. The van der Waals surface area contributed by atoms with Crippen LogP contribution in [0.1, 0.15) is 5.56 Å². The van der Waals surface area contributed by atoms with Gasteiger partial charge in [-0.15, -0.1) is 0 Å². The van der Waals surface area contributed by atoms with E-state index in [9.17, 15) is 10.1 Å². The number of hydrogen-bond donors (Lipinski definition) is 2. The van der Waals surface area contributed by atoms with Gasteiger partial charge >= 0.3 is 5.82 Å². The van der Waals surface area contributed by atoms with E-state index in [1.807, 2.05) is 6.07 Å². The Hall–Kier alpha value is -2.00. The number of pyridine rings is 1.